The number of amidine groups is 2. The number of rotatable bonds is 4. The largest absolute Gasteiger partial charge is 0.455 e. The van der Waals surface area contributed by atoms with Gasteiger partial charge in [0.15, 0.2) is 11.7 Å². The van der Waals surface area contributed by atoms with E-state index in [1.165, 1.54) is 0 Å². The van der Waals surface area contributed by atoms with Crippen molar-refractivity contribution in [3.63, 3.8) is 0 Å². The summed E-state index contributed by atoms with van der Waals surface area (Å²) in [6.07, 6.45) is 0. The maximum Gasteiger partial charge on any atom is 0.164 e. The van der Waals surface area contributed by atoms with Gasteiger partial charge in [-0.3, -0.25) is 4.99 Å². The lowest BCUT2D eigenvalue weighted by atomic mass is 10.1. The van der Waals surface area contributed by atoms with Crippen molar-refractivity contribution in [1.29, 1.82) is 0 Å². The predicted molar refractivity (Wildman–Crippen MR) is 141 cm³/mol. The molecule has 160 valence electrons. The fraction of sp³-hybridized carbons (Fsp3) is 0.0357. The van der Waals surface area contributed by atoms with Crippen molar-refractivity contribution in [1.82, 2.24) is 0 Å². The third-order valence-corrected chi connectivity index (χ3v) is 5.84. The molecular formula is C28H20BrN3O. The van der Waals surface area contributed by atoms with Gasteiger partial charge >= 0.3 is 0 Å². The van der Waals surface area contributed by atoms with E-state index in [9.17, 15) is 0 Å². The van der Waals surface area contributed by atoms with Crippen LogP contribution in [0.25, 0.3) is 21.9 Å². The van der Waals surface area contributed by atoms with E-state index in [-0.39, 0.29) is 0 Å². The summed E-state index contributed by atoms with van der Waals surface area (Å²) in [6.45, 7) is 4.31. The Bertz CT molecular complexity index is 1500. The topological polar surface area (TPSA) is 50.2 Å². The number of hydrogen-bond donors (Lipinski definition) is 0. The van der Waals surface area contributed by atoms with E-state index in [2.05, 4.69) is 45.8 Å². The Morgan fingerprint density at radius 3 is 2.30 bits per heavy atom. The summed E-state index contributed by atoms with van der Waals surface area (Å²) < 4.78 is 7.21. The summed E-state index contributed by atoms with van der Waals surface area (Å²) >= 11 is 3.55. The second-order valence-electron chi connectivity index (χ2n) is 7.51. The number of halogens is 1. The molecule has 4 aromatic carbocycles. The van der Waals surface area contributed by atoms with E-state index in [1.807, 2.05) is 78.9 Å². The van der Waals surface area contributed by atoms with E-state index in [0.717, 1.165) is 43.1 Å². The average Bonchev–Trinajstić information content (AvgIpc) is 3.23. The lowest BCUT2D eigenvalue weighted by molar-refractivity contribution is 0.668. The van der Waals surface area contributed by atoms with E-state index < -0.39 is 0 Å². The van der Waals surface area contributed by atoms with Crippen LogP contribution in [0.1, 0.15) is 16.7 Å². The van der Waals surface area contributed by atoms with Crippen LogP contribution in [0.3, 0.4) is 0 Å². The van der Waals surface area contributed by atoms with Crippen LogP contribution in [-0.2, 0) is 6.54 Å². The Morgan fingerprint density at radius 1 is 0.788 bits per heavy atom. The molecular weight excluding hydrogens is 474 g/mol. The highest BCUT2D eigenvalue weighted by atomic mass is 79.9. The zero-order chi connectivity index (χ0) is 22.6. The molecule has 0 spiro atoms. The minimum atomic E-state index is 0.467. The zero-order valence-electron chi connectivity index (χ0n) is 17.8. The molecule has 1 aromatic heterocycles. The molecule has 0 aliphatic carbocycles. The highest BCUT2D eigenvalue weighted by Crippen LogP contribution is 2.33. The summed E-state index contributed by atoms with van der Waals surface area (Å²) in [5, 5.41) is 2.04. The van der Waals surface area contributed by atoms with Crippen LogP contribution in [0.4, 0.5) is 0 Å². The molecule has 0 saturated heterocycles. The molecule has 0 unspecified atom stereocenters. The van der Waals surface area contributed by atoms with Crippen molar-refractivity contribution in [2.75, 3.05) is 0 Å². The van der Waals surface area contributed by atoms with Crippen LogP contribution in [-0.4, -0.2) is 18.4 Å². The van der Waals surface area contributed by atoms with Crippen molar-refractivity contribution in [2.45, 2.75) is 6.54 Å². The van der Waals surface area contributed by atoms with Crippen molar-refractivity contribution in [3.8, 4) is 0 Å². The van der Waals surface area contributed by atoms with Gasteiger partial charge in [-0.1, -0.05) is 88.7 Å². The van der Waals surface area contributed by atoms with Crippen LogP contribution < -0.4 is 0 Å². The molecule has 5 aromatic rings. The summed E-state index contributed by atoms with van der Waals surface area (Å²) in [5.74, 6) is 1.06. The molecule has 0 atom stereocenters. The normalized spacial score (nSPS) is 12.4. The third-order valence-electron chi connectivity index (χ3n) is 5.35. The van der Waals surface area contributed by atoms with Crippen molar-refractivity contribution in [3.05, 3.63) is 118 Å². The van der Waals surface area contributed by atoms with Gasteiger partial charge in [-0.05, 0) is 36.5 Å². The van der Waals surface area contributed by atoms with Crippen LogP contribution in [0, 0.1) is 0 Å². The van der Waals surface area contributed by atoms with Gasteiger partial charge in [-0.2, -0.15) is 0 Å². The van der Waals surface area contributed by atoms with Gasteiger partial charge in [0.1, 0.15) is 11.2 Å². The molecule has 0 bridgehead atoms. The summed E-state index contributed by atoms with van der Waals surface area (Å²) in [5.41, 5.74) is 4.34. The zero-order valence-corrected chi connectivity index (χ0v) is 19.4. The molecule has 0 saturated carbocycles. The number of furan rings is 1. The van der Waals surface area contributed by atoms with E-state index in [1.54, 1.807) is 0 Å². The first-order valence-corrected chi connectivity index (χ1v) is 11.3. The molecule has 33 heavy (non-hydrogen) atoms. The number of aliphatic imine (C=N–C) groups is 3. The second kappa shape index (κ2) is 9.35. The quantitative estimate of drug-likeness (QED) is 0.189. The first-order valence-electron chi connectivity index (χ1n) is 10.5. The molecule has 0 aliphatic rings. The van der Waals surface area contributed by atoms with Crippen LogP contribution in [0.15, 0.2) is 121 Å². The van der Waals surface area contributed by atoms with Crippen molar-refractivity contribution < 1.29 is 4.42 Å². The molecule has 1 heterocycles. The SMILES string of the molecule is C=N/C(=N\C(=N/Cc1ccccc1)c1ccccc1)c1cccc2c1oc1ccc(Br)cc12. The Kier molecular flexibility index (Phi) is 5.96. The molecule has 0 N–H and O–H groups in total. The Morgan fingerprint density at radius 2 is 1.55 bits per heavy atom. The molecule has 5 rings (SSSR count). The Hall–Kier alpha value is -3.83. The fourth-order valence-electron chi connectivity index (χ4n) is 3.76. The van der Waals surface area contributed by atoms with Crippen molar-refractivity contribution >= 4 is 56.3 Å². The third kappa shape index (κ3) is 4.41. The van der Waals surface area contributed by atoms with Gasteiger partial charge < -0.3 is 4.42 Å². The Balaban J connectivity index is 1.64. The summed E-state index contributed by atoms with van der Waals surface area (Å²) in [4.78, 5) is 13.9. The van der Waals surface area contributed by atoms with Gasteiger partial charge in [0.25, 0.3) is 0 Å². The van der Waals surface area contributed by atoms with E-state index in [0.29, 0.717) is 18.2 Å². The number of hydrogen-bond acceptors (Lipinski definition) is 2. The molecule has 5 heteroatoms. The maximum absolute atomic E-state index is 6.21. The number of benzene rings is 4. The molecule has 0 amide bonds. The lowest BCUT2D eigenvalue weighted by Crippen LogP contribution is -2.05. The number of fused-ring (bicyclic) bond motifs is 3. The minimum absolute atomic E-state index is 0.467. The van der Waals surface area contributed by atoms with Crippen molar-refractivity contribution in [2.24, 2.45) is 15.0 Å². The van der Waals surface area contributed by atoms with E-state index >= 15 is 0 Å². The number of nitrogens with zero attached hydrogens (tertiary/aromatic N) is 3. The Labute approximate surface area is 200 Å². The van der Waals surface area contributed by atoms with Gasteiger partial charge in [0.2, 0.25) is 0 Å². The summed E-state index contributed by atoms with van der Waals surface area (Å²) in [6, 6.07) is 32.0. The van der Waals surface area contributed by atoms with Gasteiger partial charge in [0.05, 0.1) is 12.1 Å². The molecule has 0 fully saturated rings. The number of para-hydroxylation sites is 1. The maximum atomic E-state index is 6.21. The van der Waals surface area contributed by atoms with Gasteiger partial charge in [0, 0.05) is 20.8 Å². The predicted octanol–water partition coefficient (Wildman–Crippen LogP) is 7.44. The fourth-order valence-corrected chi connectivity index (χ4v) is 4.12. The average molecular weight is 494 g/mol. The van der Waals surface area contributed by atoms with Crippen LogP contribution in [0.2, 0.25) is 0 Å². The lowest BCUT2D eigenvalue weighted by Gasteiger charge is -2.06. The first-order chi connectivity index (χ1) is 16.2. The molecule has 4 nitrogen and oxygen atoms in total. The first kappa shape index (κ1) is 21.0. The molecule has 0 aliphatic heterocycles. The monoisotopic (exact) mass is 493 g/mol. The van der Waals surface area contributed by atoms with Crippen LogP contribution in [0.5, 0.6) is 0 Å². The molecule has 0 radical (unpaired) electrons. The highest BCUT2D eigenvalue weighted by Gasteiger charge is 2.15. The van der Waals surface area contributed by atoms with Gasteiger partial charge in [-0.25, -0.2) is 9.98 Å². The van der Waals surface area contributed by atoms with Crippen LogP contribution >= 0.6 is 15.9 Å². The van der Waals surface area contributed by atoms with Gasteiger partial charge in [-0.15, -0.1) is 0 Å². The highest BCUT2D eigenvalue weighted by molar-refractivity contribution is 9.10. The smallest absolute Gasteiger partial charge is 0.164 e. The summed E-state index contributed by atoms with van der Waals surface area (Å²) in [7, 11) is 0. The van der Waals surface area contributed by atoms with E-state index in [4.69, 9.17) is 14.4 Å². The second-order valence-corrected chi connectivity index (χ2v) is 8.43. The standard InChI is InChI=1S/C28H20BrN3O/c1-30-28(23-14-8-13-22-24-17-21(29)15-16-25(24)33-26(22)23)32-27(20-11-6-3-7-12-20)31-18-19-9-4-2-5-10-19/h2-17H,1,18H2/b31-27-,32-28-. The minimum Gasteiger partial charge on any atom is -0.455 e.